The van der Waals surface area contributed by atoms with Gasteiger partial charge < -0.3 is 15.6 Å². The first kappa shape index (κ1) is 14.4. The van der Waals surface area contributed by atoms with Crippen molar-refractivity contribution in [3.8, 4) is 0 Å². The van der Waals surface area contributed by atoms with E-state index in [2.05, 4.69) is 5.32 Å². The maximum Gasteiger partial charge on any atom is 0.250 e. The number of rotatable bonds is 4. The van der Waals surface area contributed by atoms with Crippen LogP contribution in [0.15, 0.2) is 17.1 Å². The number of nitrogens with one attached hydrogen (secondary N) is 1. The van der Waals surface area contributed by atoms with E-state index in [1.165, 1.54) is 10.6 Å². The van der Waals surface area contributed by atoms with E-state index in [0.29, 0.717) is 18.0 Å². The van der Waals surface area contributed by atoms with E-state index in [0.717, 1.165) is 5.56 Å². The monoisotopic (exact) mass is 251 g/mol. The van der Waals surface area contributed by atoms with Crippen molar-refractivity contribution in [3.05, 3.63) is 28.2 Å². The Morgan fingerprint density at radius 1 is 1.50 bits per heavy atom. The molecule has 0 saturated heterocycles. The largest absolute Gasteiger partial charge is 0.323 e. The number of aromatic nitrogens is 1. The van der Waals surface area contributed by atoms with Gasteiger partial charge in [0.1, 0.15) is 0 Å². The fraction of sp³-hybridized carbons (Fsp3) is 0.538. The summed E-state index contributed by atoms with van der Waals surface area (Å²) in [4.78, 5) is 23.3. The Morgan fingerprint density at radius 3 is 2.67 bits per heavy atom. The van der Waals surface area contributed by atoms with E-state index in [1.54, 1.807) is 20.2 Å². The van der Waals surface area contributed by atoms with Crippen LogP contribution >= 0.6 is 0 Å². The summed E-state index contributed by atoms with van der Waals surface area (Å²) in [6.45, 7) is 5.82. The Balaban J connectivity index is 2.82. The fourth-order valence-electron chi connectivity index (χ4n) is 1.70. The first-order valence-corrected chi connectivity index (χ1v) is 6.05. The van der Waals surface area contributed by atoms with Gasteiger partial charge in [0.2, 0.25) is 5.91 Å². The Bertz CT molecular complexity index is 491. The van der Waals surface area contributed by atoms with Crippen LogP contribution in [0.3, 0.4) is 0 Å². The van der Waals surface area contributed by atoms with Gasteiger partial charge in [0.05, 0.1) is 11.7 Å². The molecule has 0 aliphatic carbocycles. The minimum atomic E-state index is -0.526. The van der Waals surface area contributed by atoms with Crippen molar-refractivity contribution in [3.63, 3.8) is 0 Å². The number of nitrogens with zero attached hydrogens (tertiary/aromatic N) is 1. The summed E-state index contributed by atoms with van der Waals surface area (Å²) in [6, 6.07) is 0.963. The normalized spacial score (nSPS) is 12.6. The van der Waals surface area contributed by atoms with Crippen LogP contribution in [-0.2, 0) is 11.8 Å². The number of carbonyl (C=O) groups is 1. The number of amides is 1. The fourth-order valence-corrected chi connectivity index (χ4v) is 1.70. The van der Waals surface area contributed by atoms with Gasteiger partial charge in [0, 0.05) is 19.3 Å². The maximum atomic E-state index is 11.9. The molecule has 0 saturated carbocycles. The molecular weight excluding hydrogens is 230 g/mol. The van der Waals surface area contributed by atoms with E-state index in [1.807, 2.05) is 13.8 Å². The van der Waals surface area contributed by atoms with Gasteiger partial charge in [-0.05, 0) is 24.8 Å². The van der Waals surface area contributed by atoms with Gasteiger partial charge in [0.25, 0.3) is 5.56 Å². The minimum absolute atomic E-state index is 0.100. The molecule has 0 radical (unpaired) electrons. The van der Waals surface area contributed by atoms with Crippen molar-refractivity contribution in [2.45, 2.75) is 33.2 Å². The molecule has 1 atom stereocenters. The molecular formula is C13H21N3O2. The maximum absolute atomic E-state index is 11.9. The Morgan fingerprint density at radius 2 is 2.11 bits per heavy atom. The van der Waals surface area contributed by atoms with Gasteiger partial charge in [-0.2, -0.15) is 0 Å². The van der Waals surface area contributed by atoms with Crippen molar-refractivity contribution in [2.75, 3.05) is 5.32 Å². The average molecular weight is 251 g/mol. The molecule has 1 aromatic rings. The number of hydrogen-bond donors (Lipinski definition) is 2. The van der Waals surface area contributed by atoms with Crippen molar-refractivity contribution >= 4 is 11.6 Å². The number of aryl methyl sites for hydroxylation is 2. The van der Waals surface area contributed by atoms with Gasteiger partial charge in [-0.25, -0.2) is 0 Å². The van der Waals surface area contributed by atoms with Crippen molar-refractivity contribution in [2.24, 2.45) is 18.7 Å². The third-order valence-corrected chi connectivity index (χ3v) is 2.76. The van der Waals surface area contributed by atoms with Crippen LogP contribution in [-0.4, -0.2) is 16.5 Å². The molecule has 1 heterocycles. The van der Waals surface area contributed by atoms with E-state index >= 15 is 0 Å². The molecule has 5 heteroatoms. The number of carbonyl (C=O) groups excluding carboxylic acids is 1. The first-order valence-electron chi connectivity index (χ1n) is 6.05. The zero-order valence-electron chi connectivity index (χ0n) is 11.4. The second-order valence-electron chi connectivity index (χ2n) is 5.04. The Labute approximate surface area is 107 Å². The van der Waals surface area contributed by atoms with E-state index in [4.69, 9.17) is 5.73 Å². The second-order valence-corrected chi connectivity index (χ2v) is 5.04. The van der Waals surface area contributed by atoms with Gasteiger partial charge in [-0.3, -0.25) is 9.59 Å². The zero-order valence-corrected chi connectivity index (χ0v) is 11.4. The third-order valence-electron chi connectivity index (χ3n) is 2.76. The van der Waals surface area contributed by atoms with Gasteiger partial charge in [-0.1, -0.05) is 13.8 Å². The minimum Gasteiger partial charge on any atom is -0.323 e. The Kier molecular flexibility index (Phi) is 4.67. The molecule has 0 aliphatic rings. The highest BCUT2D eigenvalue weighted by Crippen LogP contribution is 2.12. The Hall–Kier alpha value is -1.62. The number of pyridine rings is 1. The van der Waals surface area contributed by atoms with Crippen molar-refractivity contribution in [1.82, 2.24) is 4.57 Å². The van der Waals surface area contributed by atoms with Crippen LogP contribution < -0.4 is 16.6 Å². The topological polar surface area (TPSA) is 77.1 Å². The lowest BCUT2D eigenvalue weighted by molar-refractivity contribution is -0.117. The molecule has 0 unspecified atom stereocenters. The van der Waals surface area contributed by atoms with Gasteiger partial charge in [0.15, 0.2) is 0 Å². The molecule has 1 aromatic heterocycles. The lowest BCUT2D eigenvalue weighted by atomic mass is 10.0. The van der Waals surface area contributed by atoms with Crippen LogP contribution in [0.5, 0.6) is 0 Å². The highest BCUT2D eigenvalue weighted by atomic mass is 16.2. The molecule has 0 aliphatic heterocycles. The zero-order chi connectivity index (χ0) is 13.9. The molecule has 0 spiro atoms. The second kappa shape index (κ2) is 5.82. The van der Waals surface area contributed by atoms with Gasteiger partial charge in [-0.15, -0.1) is 0 Å². The standard InChI is InChI=1S/C13H21N3O2/c1-8(2)5-10(14)13(18)15-11-7-16(4)12(17)6-9(11)3/h6-8,10H,5,14H2,1-4H3,(H,15,18)/t10-/m0/s1. The summed E-state index contributed by atoms with van der Waals surface area (Å²) in [7, 11) is 1.64. The summed E-state index contributed by atoms with van der Waals surface area (Å²) < 4.78 is 1.43. The summed E-state index contributed by atoms with van der Waals surface area (Å²) >= 11 is 0. The van der Waals surface area contributed by atoms with Crippen molar-refractivity contribution < 1.29 is 4.79 Å². The van der Waals surface area contributed by atoms with Crippen LogP contribution in [0.25, 0.3) is 0 Å². The summed E-state index contributed by atoms with van der Waals surface area (Å²) in [5, 5.41) is 2.76. The van der Waals surface area contributed by atoms with E-state index in [-0.39, 0.29) is 11.5 Å². The summed E-state index contributed by atoms with van der Waals surface area (Å²) in [6.07, 6.45) is 2.24. The smallest absolute Gasteiger partial charge is 0.250 e. The molecule has 3 N–H and O–H groups in total. The lowest BCUT2D eigenvalue weighted by Gasteiger charge is -2.15. The average Bonchev–Trinajstić information content (AvgIpc) is 2.24. The van der Waals surface area contributed by atoms with E-state index in [9.17, 15) is 9.59 Å². The summed E-state index contributed by atoms with van der Waals surface area (Å²) in [5.41, 5.74) is 7.07. The number of anilines is 1. The van der Waals surface area contributed by atoms with Crippen LogP contribution in [0.1, 0.15) is 25.8 Å². The predicted molar refractivity (Wildman–Crippen MR) is 72.5 cm³/mol. The first-order chi connectivity index (χ1) is 8.31. The van der Waals surface area contributed by atoms with E-state index < -0.39 is 6.04 Å². The molecule has 5 nitrogen and oxygen atoms in total. The molecule has 1 rings (SSSR count). The van der Waals surface area contributed by atoms with Crippen LogP contribution in [0, 0.1) is 12.8 Å². The number of nitrogens with two attached hydrogens (primary N) is 1. The van der Waals surface area contributed by atoms with Crippen molar-refractivity contribution in [1.29, 1.82) is 0 Å². The molecule has 0 fully saturated rings. The predicted octanol–water partition coefficient (Wildman–Crippen LogP) is 1.01. The van der Waals surface area contributed by atoms with Crippen LogP contribution in [0.4, 0.5) is 5.69 Å². The van der Waals surface area contributed by atoms with Gasteiger partial charge >= 0.3 is 0 Å². The lowest BCUT2D eigenvalue weighted by Crippen LogP contribution is -2.37. The SMILES string of the molecule is Cc1cc(=O)n(C)cc1NC(=O)[C@@H](N)CC(C)C. The summed E-state index contributed by atoms with van der Waals surface area (Å²) in [5.74, 6) is 0.150. The molecule has 0 aromatic carbocycles. The molecule has 18 heavy (non-hydrogen) atoms. The quantitative estimate of drug-likeness (QED) is 0.838. The third kappa shape index (κ3) is 3.70. The molecule has 100 valence electrons. The highest BCUT2D eigenvalue weighted by molar-refractivity contribution is 5.95. The highest BCUT2D eigenvalue weighted by Gasteiger charge is 2.16. The molecule has 1 amide bonds. The number of hydrogen-bond acceptors (Lipinski definition) is 3. The van der Waals surface area contributed by atoms with Crippen LogP contribution in [0.2, 0.25) is 0 Å². The molecule has 0 bridgehead atoms.